The number of halogens is 3. The second kappa shape index (κ2) is 5.24. The molecule has 1 unspecified atom stereocenters. The summed E-state index contributed by atoms with van der Waals surface area (Å²) in [5.74, 6) is -0.219. The zero-order valence-corrected chi connectivity index (χ0v) is 10.8. The minimum atomic E-state index is -4.36. The zero-order valence-electron chi connectivity index (χ0n) is 9.99. The number of benzene rings is 1. The van der Waals surface area contributed by atoms with Crippen LogP contribution in [0.1, 0.15) is 11.1 Å². The van der Waals surface area contributed by atoms with Crippen LogP contribution < -0.4 is 5.32 Å². The average molecular weight is 288 g/mol. The molecule has 0 aliphatic carbocycles. The maximum atomic E-state index is 12.6. The van der Waals surface area contributed by atoms with Gasteiger partial charge in [0.1, 0.15) is 0 Å². The molecule has 1 atom stereocenters. The number of aliphatic imine (C=N–C) groups is 1. The lowest BCUT2D eigenvalue weighted by atomic mass is 10.1. The molecule has 2 rings (SSSR count). The van der Waals surface area contributed by atoms with E-state index in [-0.39, 0.29) is 12.3 Å². The van der Waals surface area contributed by atoms with Gasteiger partial charge < -0.3 is 5.32 Å². The van der Waals surface area contributed by atoms with Gasteiger partial charge in [0, 0.05) is 7.05 Å². The molecule has 1 saturated heterocycles. The second-order valence-corrected chi connectivity index (χ2v) is 5.22. The lowest BCUT2D eigenvalue weighted by Gasteiger charge is -2.10. The number of hydrogen-bond acceptors (Lipinski definition) is 3. The van der Waals surface area contributed by atoms with Gasteiger partial charge in [-0.05, 0) is 18.1 Å². The Morgan fingerprint density at radius 1 is 1.42 bits per heavy atom. The fourth-order valence-electron chi connectivity index (χ4n) is 1.74. The number of thioether (sulfide) groups is 1. The molecule has 1 amide bonds. The molecule has 1 aromatic carbocycles. The van der Waals surface area contributed by atoms with E-state index in [2.05, 4.69) is 10.3 Å². The summed E-state index contributed by atoms with van der Waals surface area (Å²) in [6, 6.07) is 5.04. The SMILES string of the molecule is CN=C1NC(=O)C(Cc2cccc(C(F)(F)F)c2)S1. The lowest BCUT2D eigenvalue weighted by molar-refractivity contribution is -0.137. The van der Waals surface area contributed by atoms with Crippen LogP contribution >= 0.6 is 11.8 Å². The molecule has 19 heavy (non-hydrogen) atoms. The fraction of sp³-hybridized carbons (Fsp3) is 0.333. The number of amides is 1. The number of alkyl halides is 3. The highest BCUT2D eigenvalue weighted by atomic mass is 32.2. The van der Waals surface area contributed by atoms with E-state index in [0.717, 1.165) is 12.1 Å². The van der Waals surface area contributed by atoms with Crippen LogP contribution in [0.4, 0.5) is 13.2 Å². The van der Waals surface area contributed by atoms with Crippen LogP contribution in [0.3, 0.4) is 0 Å². The predicted molar refractivity (Wildman–Crippen MR) is 68.0 cm³/mol. The van der Waals surface area contributed by atoms with Crippen molar-refractivity contribution in [1.82, 2.24) is 5.32 Å². The predicted octanol–water partition coefficient (Wildman–Crippen LogP) is 2.47. The normalized spacial score (nSPS) is 21.8. The Bertz CT molecular complexity index is 528. The number of nitrogens with one attached hydrogen (secondary N) is 1. The number of amidine groups is 1. The number of carbonyl (C=O) groups excluding carboxylic acids is 1. The van der Waals surface area contributed by atoms with Gasteiger partial charge in [0.2, 0.25) is 5.91 Å². The molecule has 0 spiro atoms. The first-order valence-corrected chi connectivity index (χ1v) is 6.38. The average Bonchev–Trinajstić information content (AvgIpc) is 2.70. The van der Waals surface area contributed by atoms with Gasteiger partial charge in [0.25, 0.3) is 0 Å². The Morgan fingerprint density at radius 2 is 2.16 bits per heavy atom. The third-order valence-corrected chi connectivity index (χ3v) is 3.83. The van der Waals surface area contributed by atoms with Crippen molar-refractivity contribution in [2.45, 2.75) is 17.8 Å². The van der Waals surface area contributed by atoms with Crippen molar-refractivity contribution < 1.29 is 18.0 Å². The number of nitrogens with zero attached hydrogens (tertiary/aromatic N) is 1. The standard InChI is InChI=1S/C12H11F3N2OS/c1-16-11-17-10(18)9(19-11)6-7-3-2-4-8(5-7)12(13,14)15/h2-5,9H,6H2,1H3,(H,16,17,18). The third-order valence-electron chi connectivity index (χ3n) is 2.65. The molecule has 1 N–H and O–H groups in total. The monoisotopic (exact) mass is 288 g/mol. The second-order valence-electron chi connectivity index (χ2n) is 4.03. The molecule has 1 aliphatic heterocycles. The molecular weight excluding hydrogens is 277 g/mol. The zero-order chi connectivity index (χ0) is 14.0. The first-order chi connectivity index (χ1) is 8.90. The summed E-state index contributed by atoms with van der Waals surface area (Å²) >= 11 is 1.24. The van der Waals surface area contributed by atoms with Crippen LogP contribution in [0, 0.1) is 0 Å². The van der Waals surface area contributed by atoms with Crippen molar-refractivity contribution in [3.8, 4) is 0 Å². The van der Waals surface area contributed by atoms with Crippen LogP contribution in [-0.2, 0) is 17.4 Å². The van der Waals surface area contributed by atoms with E-state index < -0.39 is 17.0 Å². The van der Waals surface area contributed by atoms with E-state index >= 15 is 0 Å². The van der Waals surface area contributed by atoms with Crippen LogP contribution in [0.25, 0.3) is 0 Å². The first kappa shape index (κ1) is 13.9. The lowest BCUT2D eigenvalue weighted by Crippen LogP contribution is -2.26. The summed E-state index contributed by atoms with van der Waals surface area (Å²) in [6.07, 6.45) is -4.11. The largest absolute Gasteiger partial charge is 0.416 e. The van der Waals surface area contributed by atoms with E-state index in [1.807, 2.05) is 0 Å². The fourth-order valence-corrected chi connectivity index (χ4v) is 2.71. The van der Waals surface area contributed by atoms with Gasteiger partial charge in [-0.1, -0.05) is 30.0 Å². The Kier molecular flexibility index (Phi) is 3.84. The number of rotatable bonds is 2. The Labute approximate surface area is 112 Å². The molecule has 1 aliphatic rings. The van der Waals surface area contributed by atoms with Gasteiger partial charge in [-0.15, -0.1) is 0 Å². The molecule has 1 heterocycles. The molecule has 3 nitrogen and oxygen atoms in total. The summed E-state index contributed by atoms with van der Waals surface area (Å²) < 4.78 is 37.7. The highest BCUT2D eigenvalue weighted by Crippen LogP contribution is 2.30. The van der Waals surface area contributed by atoms with Crippen molar-refractivity contribution in [3.63, 3.8) is 0 Å². The maximum Gasteiger partial charge on any atom is 0.416 e. The third kappa shape index (κ3) is 3.28. The Hall–Kier alpha value is -1.50. The van der Waals surface area contributed by atoms with E-state index in [9.17, 15) is 18.0 Å². The number of hydrogen-bond donors (Lipinski definition) is 1. The minimum absolute atomic E-state index is 0.219. The van der Waals surface area contributed by atoms with Gasteiger partial charge in [0.05, 0.1) is 10.8 Å². The van der Waals surface area contributed by atoms with Crippen molar-refractivity contribution in [1.29, 1.82) is 0 Å². The van der Waals surface area contributed by atoms with Crippen molar-refractivity contribution >= 4 is 22.8 Å². The van der Waals surface area contributed by atoms with Crippen LogP contribution in [-0.4, -0.2) is 23.4 Å². The summed E-state index contributed by atoms with van der Waals surface area (Å²) in [4.78, 5) is 15.4. The van der Waals surface area contributed by atoms with Gasteiger partial charge in [-0.3, -0.25) is 9.79 Å². The first-order valence-electron chi connectivity index (χ1n) is 5.50. The van der Waals surface area contributed by atoms with Crippen LogP contribution in [0.15, 0.2) is 29.3 Å². The molecule has 1 fully saturated rings. The van der Waals surface area contributed by atoms with Gasteiger partial charge in [-0.2, -0.15) is 13.2 Å². The maximum absolute atomic E-state index is 12.6. The topological polar surface area (TPSA) is 41.5 Å². The molecular formula is C12H11F3N2OS. The van der Waals surface area contributed by atoms with Crippen LogP contribution in [0.5, 0.6) is 0 Å². The molecule has 102 valence electrons. The van der Waals surface area contributed by atoms with Crippen molar-refractivity contribution in [2.75, 3.05) is 7.05 Å². The molecule has 7 heteroatoms. The van der Waals surface area contributed by atoms with Crippen molar-refractivity contribution in [3.05, 3.63) is 35.4 Å². The van der Waals surface area contributed by atoms with E-state index in [4.69, 9.17) is 0 Å². The van der Waals surface area contributed by atoms with Gasteiger partial charge in [0.15, 0.2) is 5.17 Å². The van der Waals surface area contributed by atoms with Gasteiger partial charge >= 0.3 is 6.18 Å². The summed E-state index contributed by atoms with van der Waals surface area (Å²) in [7, 11) is 1.55. The Balaban J connectivity index is 2.14. The van der Waals surface area contributed by atoms with E-state index in [0.29, 0.717) is 10.7 Å². The van der Waals surface area contributed by atoms with E-state index in [1.54, 1.807) is 13.1 Å². The van der Waals surface area contributed by atoms with E-state index in [1.165, 1.54) is 17.8 Å². The Morgan fingerprint density at radius 3 is 2.74 bits per heavy atom. The minimum Gasteiger partial charge on any atom is -0.304 e. The summed E-state index contributed by atoms with van der Waals surface area (Å²) in [6.45, 7) is 0. The molecule has 0 saturated carbocycles. The van der Waals surface area contributed by atoms with Crippen LogP contribution in [0.2, 0.25) is 0 Å². The van der Waals surface area contributed by atoms with Crippen molar-refractivity contribution in [2.24, 2.45) is 4.99 Å². The quantitative estimate of drug-likeness (QED) is 0.908. The van der Waals surface area contributed by atoms with Gasteiger partial charge in [-0.25, -0.2) is 0 Å². The number of carbonyl (C=O) groups is 1. The smallest absolute Gasteiger partial charge is 0.304 e. The molecule has 0 aromatic heterocycles. The molecule has 1 aromatic rings. The summed E-state index contributed by atoms with van der Waals surface area (Å²) in [5, 5.41) is 2.64. The highest BCUT2D eigenvalue weighted by molar-refractivity contribution is 8.15. The highest BCUT2D eigenvalue weighted by Gasteiger charge is 2.32. The molecule has 0 bridgehead atoms. The molecule has 0 radical (unpaired) electrons. The summed E-state index contributed by atoms with van der Waals surface area (Å²) in [5.41, 5.74) is -0.211.